The van der Waals surface area contributed by atoms with Crippen LogP contribution >= 0.6 is 11.8 Å². The first-order chi connectivity index (χ1) is 8.22. The van der Waals surface area contributed by atoms with E-state index in [0.29, 0.717) is 11.3 Å². The minimum absolute atomic E-state index is 0.294. The second kappa shape index (κ2) is 5.67. The molecule has 0 aliphatic rings. The largest absolute Gasteiger partial charge is 0.480 e. The van der Waals surface area contributed by atoms with Crippen LogP contribution in [0.3, 0.4) is 0 Å². The number of hydrogen-bond donors (Lipinski definition) is 2. The van der Waals surface area contributed by atoms with Crippen LogP contribution in [0, 0.1) is 11.6 Å². The van der Waals surface area contributed by atoms with E-state index in [0.717, 1.165) is 6.07 Å². The van der Waals surface area contributed by atoms with Gasteiger partial charge in [-0.25, -0.2) is 8.78 Å². The van der Waals surface area contributed by atoms with Crippen molar-refractivity contribution < 1.29 is 18.7 Å². The summed E-state index contributed by atoms with van der Waals surface area (Å²) >= 11 is 1.25. The first kappa shape index (κ1) is 14.9. The summed E-state index contributed by atoms with van der Waals surface area (Å²) in [6.45, 7) is 3.37. The highest BCUT2D eigenvalue weighted by Gasteiger charge is 2.32. The smallest absolute Gasteiger partial charge is 0.321 e. The van der Waals surface area contributed by atoms with Gasteiger partial charge in [0.2, 0.25) is 0 Å². The fraction of sp³-hybridized carbons (Fsp3) is 0.417. The lowest BCUT2D eigenvalue weighted by Gasteiger charge is -2.28. The molecule has 1 atom stereocenters. The van der Waals surface area contributed by atoms with Crippen molar-refractivity contribution in [3.05, 3.63) is 35.4 Å². The Labute approximate surface area is 108 Å². The van der Waals surface area contributed by atoms with Gasteiger partial charge in [0, 0.05) is 16.6 Å². The normalized spacial score (nSPS) is 13.4. The van der Waals surface area contributed by atoms with Crippen LogP contribution < -0.4 is 5.73 Å². The molecule has 0 unspecified atom stereocenters. The number of halogens is 2. The number of carbonyl (C=O) groups is 1. The number of rotatable bonds is 5. The molecule has 0 saturated carbocycles. The van der Waals surface area contributed by atoms with E-state index in [-0.39, 0.29) is 0 Å². The molecule has 0 bridgehead atoms. The molecule has 1 aromatic rings. The third kappa shape index (κ3) is 3.96. The lowest BCUT2D eigenvalue weighted by Crippen LogP contribution is -2.46. The molecule has 0 spiro atoms. The number of carboxylic acids is 1. The monoisotopic (exact) mass is 275 g/mol. The Bertz CT molecular complexity index is 431. The molecule has 0 fully saturated rings. The number of hydrogen-bond acceptors (Lipinski definition) is 3. The van der Waals surface area contributed by atoms with Crippen LogP contribution in [0.4, 0.5) is 8.78 Å². The molecular formula is C12H15F2NO2S. The molecule has 1 rings (SSSR count). The quantitative estimate of drug-likeness (QED) is 0.866. The van der Waals surface area contributed by atoms with E-state index < -0.39 is 28.4 Å². The van der Waals surface area contributed by atoms with Crippen molar-refractivity contribution in [1.82, 2.24) is 0 Å². The van der Waals surface area contributed by atoms with Crippen molar-refractivity contribution in [2.45, 2.75) is 30.4 Å². The summed E-state index contributed by atoms with van der Waals surface area (Å²) in [5, 5.41) is 8.84. The summed E-state index contributed by atoms with van der Waals surface area (Å²) in [7, 11) is 0. The molecule has 0 aliphatic carbocycles. The van der Waals surface area contributed by atoms with Gasteiger partial charge in [-0.1, -0.05) is 0 Å². The van der Waals surface area contributed by atoms with Gasteiger partial charge >= 0.3 is 5.97 Å². The van der Waals surface area contributed by atoms with Crippen LogP contribution in [0.25, 0.3) is 0 Å². The Morgan fingerprint density at radius 2 is 1.89 bits per heavy atom. The van der Waals surface area contributed by atoms with Crippen LogP contribution in [-0.4, -0.2) is 21.9 Å². The van der Waals surface area contributed by atoms with Gasteiger partial charge < -0.3 is 10.8 Å². The molecule has 1 aromatic carbocycles. The topological polar surface area (TPSA) is 63.3 Å². The van der Waals surface area contributed by atoms with Crippen molar-refractivity contribution in [2.24, 2.45) is 5.73 Å². The minimum Gasteiger partial charge on any atom is -0.480 e. The number of benzene rings is 1. The van der Waals surface area contributed by atoms with Crippen molar-refractivity contribution in [2.75, 3.05) is 0 Å². The van der Waals surface area contributed by atoms with Crippen molar-refractivity contribution in [3.63, 3.8) is 0 Å². The average molecular weight is 275 g/mol. The molecule has 3 nitrogen and oxygen atoms in total. The maximum absolute atomic E-state index is 13.0. The number of thioether (sulfide) groups is 1. The number of carboxylic acid groups (broad SMARTS) is 1. The molecule has 0 saturated heterocycles. The lowest BCUT2D eigenvalue weighted by atomic mass is 10.1. The highest BCUT2D eigenvalue weighted by atomic mass is 32.2. The molecule has 0 aliphatic heterocycles. The van der Waals surface area contributed by atoms with Crippen LogP contribution in [-0.2, 0) is 10.5 Å². The summed E-state index contributed by atoms with van der Waals surface area (Å²) < 4.78 is 25.2. The number of aliphatic carboxylic acids is 1. The molecule has 18 heavy (non-hydrogen) atoms. The van der Waals surface area contributed by atoms with Crippen molar-refractivity contribution in [1.29, 1.82) is 0 Å². The Balaban J connectivity index is 2.72. The molecule has 0 aromatic heterocycles. The molecule has 0 radical (unpaired) electrons. The standard InChI is InChI=1S/C12H15F2NO2S/c1-12(2,10(15)11(16)17)18-6-7-3-8(13)5-9(14)4-7/h3-5,10H,6,15H2,1-2H3,(H,16,17)/t10-/m1/s1. The molecule has 0 heterocycles. The van der Waals surface area contributed by atoms with E-state index in [9.17, 15) is 13.6 Å². The summed E-state index contributed by atoms with van der Waals surface area (Å²) in [5.74, 6) is -2.10. The third-order valence-electron chi connectivity index (χ3n) is 2.55. The molecule has 3 N–H and O–H groups in total. The first-order valence-corrected chi connectivity index (χ1v) is 6.28. The lowest BCUT2D eigenvalue weighted by molar-refractivity contribution is -0.139. The van der Waals surface area contributed by atoms with E-state index in [1.54, 1.807) is 13.8 Å². The van der Waals surface area contributed by atoms with Crippen LogP contribution in [0.2, 0.25) is 0 Å². The summed E-state index contributed by atoms with van der Waals surface area (Å²) in [6.07, 6.45) is 0. The van der Waals surface area contributed by atoms with E-state index in [4.69, 9.17) is 10.8 Å². The Kier molecular flexibility index (Phi) is 4.70. The van der Waals surface area contributed by atoms with Gasteiger partial charge in [-0.05, 0) is 31.5 Å². The van der Waals surface area contributed by atoms with E-state index in [1.807, 2.05) is 0 Å². The molecule has 0 amide bonds. The first-order valence-electron chi connectivity index (χ1n) is 5.29. The second-order valence-corrected chi connectivity index (χ2v) is 6.12. The zero-order valence-corrected chi connectivity index (χ0v) is 10.9. The highest BCUT2D eigenvalue weighted by Crippen LogP contribution is 2.31. The highest BCUT2D eigenvalue weighted by molar-refractivity contribution is 7.99. The maximum atomic E-state index is 13.0. The van der Waals surface area contributed by atoms with E-state index in [1.165, 1.54) is 23.9 Å². The predicted molar refractivity (Wildman–Crippen MR) is 67.3 cm³/mol. The number of nitrogens with two attached hydrogens (primary N) is 1. The third-order valence-corrected chi connectivity index (χ3v) is 4.02. The summed E-state index contributed by atoms with van der Waals surface area (Å²) in [5.41, 5.74) is 6.01. The second-order valence-electron chi connectivity index (χ2n) is 4.49. The Morgan fingerprint density at radius 1 is 1.39 bits per heavy atom. The maximum Gasteiger partial charge on any atom is 0.321 e. The van der Waals surface area contributed by atoms with Crippen molar-refractivity contribution >= 4 is 17.7 Å². The van der Waals surface area contributed by atoms with Gasteiger partial charge in [0.15, 0.2) is 0 Å². The Morgan fingerprint density at radius 3 is 2.33 bits per heavy atom. The van der Waals surface area contributed by atoms with Crippen LogP contribution in [0.15, 0.2) is 18.2 Å². The predicted octanol–water partition coefficient (Wildman–Crippen LogP) is 2.39. The van der Waals surface area contributed by atoms with Gasteiger partial charge in [0.1, 0.15) is 17.7 Å². The van der Waals surface area contributed by atoms with Gasteiger partial charge in [-0.3, -0.25) is 4.79 Å². The van der Waals surface area contributed by atoms with Crippen LogP contribution in [0.1, 0.15) is 19.4 Å². The van der Waals surface area contributed by atoms with Gasteiger partial charge in [0.05, 0.1) is 0 Å². The summed E-state index contributed by atoms with van der Waals surface area (Å²) in [4.78, 5) is 10.8. The van der Waals surface area contributed by atoms with Crippen LogP contribution in [0.5, 0.6) is 0 Å². The van der Waals surface area contributed by atoms with Gasteiger partial charge in [-0.15, -0.1) is 11.8 Å². The zero-order valence-electron chi connectivity index (χ0n) is 10.1. The zero-order chi connectivity index (χ0) is 13.9. The average Bonchev–Trinajstić information content (AvgIpc) is 2.24. The summed E-state index contributed by atoms with van der Waals surface area (Å²) in [6, 6.07) is 2.19. The molecular weight excluding hydrogens is 260 g/mol. The van der Waals surface area contributed by atoms with E-state index in [2.05, 4.69) is 0 Å². The minimum atomic E-state index is -1.10. The van der Waals surface area contributed by atoms with E-state index >= 15 is 0 Å². The fourth-order valence-corrected chi connectivity index (χ4v) is 2.34. The van der Waals surface area contributed by atoms with Gasteiger partial charge in [-0.2, -0.15) is 0 Å². The van der Waals surface area contributed by atoms with Crippen molar-refractivity contribution in [3.8, 4) is 0 Å². The Hall–Kier alpha value is -1.14. The fourth-order valence-electron chi connectivity index (χ4n) is 1.35. The molecule has 6 heteroatoms. The molecule has 100 valence electrons. The SMILES string of the molecule is CC(C)(SCc1cc(F)cc(F)c1)[C@H](N)C(=O)O. The van der Waals surface area contributed by atoms with Gasteiger partial charge in [0.25, 0.3) is 0 Å².